The number of carbonyl (C=O) groups excluding carboxylic acids is 1. The number of carboxylic acids is 1. The second-order valence-electron chi connectivity index (χ2n) is 6.92. The standard InChI is InChI=1S/C20H26N2O3/c1-3-4-8-14-13-17-15(20(24)25)9-5-6-12-22(17)18(14)19(23)16-10-7-11-21(16)2/h7,10-11,13,15H,3-6,8-9,12H2,1-2H3,(H,24,25). The summed E-state index contributed by atoms with van der Waals surface area (Å²) in [5.74, 6) is -1.31. The SMILES string of the molecule is CCCCc1cc2n(c1C(=O)c1cccn1C)CCCCC2C(=O)O. The average molecular weight is 342 g/mol. The summed E-state index contributed by atoms with van der Waals surface area (Å²) < 4.78 is 3.82. The van der Waals surface area contributed by atoms with E-state index in [2.05, 4.69) is 6.92 Å². The topological polar surface area (TPSA) is 64.2 Å². The number of hydrogen-bond acceptors (Lipinski definition) is 2. The van der Waals surface area contributed by atoms with Crippen LogP contribution in [0.2, 0.25) is 0 Å². The molecule has 1 atom stereocenters. The Morgan fingerprint density at radius 2 is 2.12 bits per heavy atom. The zero-order chi connectivity index (χ0) is 18.0. The van der Waals surface area contributed by atoms with E-state index >= 15 is 0 Å². The average Bonchev–Trinajstić information content (AvgIpc) is 3.09. The molecule has 0 bridgehead atoms. The number of nitrogens with zero attached hydrogens (tertiary/aromatic N) is 2. The molecule has 0 saturated carbocycles. The molecule has 0 saturated heterocycles. The Kier molecular flexibility index (Phi) is 5.11. The Morgan fingerprint density at radius 1 is 1.32 bits per heavy atom. The van der Waals surface area contributed by atoms with Gasteiger partial charge in [0, 0.05) is 25.5 Å². The fourth-order valence-electron chi connectivity index (χ4n) is 3.82. The monoisotopic (exact) mass is 342 g/mol. The van der Waals surface area contributed by atoms with Gasteiger partial charge in [-0.1, -0.05) is 19.8 Å². The lowest BCUT2D eigenvalue weighted by Gasteiger charge is -2.14. The number of aryl methyl sites for hydroxylation is 2. The molecule has 5 nitrogen and oxygen atoms in total. The number of aromatic nitrogens is 2. The maximum absolute atomic E-state index is 13.2. The fourth-order valence-corrected chi connectivity index (χ4v) is 3.82. The summed E-state index contributed by atoms with van der Waals surface area (Å²) in [4.78, 5) is 25.0. The van der Waals surface area contributed by atoms with Gasteiger partial charge in [0.05, 0.1) is 17.3 Å². The molecule has 0 spiro atoms. The van der Waals surface area contributed by atoms with Crippen LogP contribution in [0.1, 0.15) is 72.4 Å². The van der Waals surface area contributed by atoms with Crippen LogP contribution in [0.5, 0.6) is 0 Å². The third kappa shape index (κ3) is 3.28. The van der Waals surface area contributed by atoms with E-state index < -0.39 is 11.9 Å². The molecule has 1 N–H and O–H groups in total. The lowest BCUT2D eigenvalue weighted by molar-refractivity contribution is -0.139. The number of fused-ring (bicyclic) bond motifs is 1. The van der Waals surface area contributed by atoms with Crippen LogP contribution in [-0.4, -0.2) is 26.0 Å². The lowest BCUT2D eigenvalue weighted by atomic mass is 9.98. The number of ketones is 1. The predicted molar refractivity (Wildman–Crippen MR) is 96.1 cm³/mol. The number of carbonyl (C=O) groups is 2. The molecule has 3 heterocycles. The molecular formula is C20H26N2O3. The molecule has 2 aromatic heterocycles. The van der Waals surface area contributed by atoms with Gasteiger partial charge in [-0.2, -0.15) is 0 Å². The maximum atomic E-state index is 13.2. The molecular weight excluding hydrogens is 316 g/mol. The highest BCUT2D eigenvalue weighted by atomic mass is 16.4. The van der Waals surface area contributed by atoms with Crippen LogP contribution in [0.4, 0.5) is 0 Å². The van der Waals surface area contributed by atoms with Gasteiger partial charge in [-0.05, 0) is 49.4 Å². The summed E-state index contributed by atoms with van der Waals surface area (Å²) >= 11 is 0. The molecule has 1 aliphatic heterocycles. The number of aliphatic carboxylic acids is 1. The number of unbranched alkanes of at least 4 members (excludes halogenated alkanes) is 1. The molecule has 0 fully saturated rings. The molecule has 2 aromatic rings. The highest BCUT2D eigenvalue weighted by molar-refractivity contribution is 6.08. The van der Waals surface area contributed by atoms with Crippen LogP contribution in [0, 0.1) is 0 Å². The molecule has 5 heteroatoms. The first kappa shape index (κ1) is 17.5. The van der Waals surface area contributed by atoms with E-state index in [9.17, 15) is 14.7 Å². The van der Waals surface area contributed by atoms with Crippen LogP contribution in [0.25, 0.3) is 0 Å². The van der Waals surface area contributed by atoms with Crippen molar-refractivity contribution in [3.63, 3.8) is 0 Å². The van der Waals surface area contributed by atoms with Gasteiger partial charge in [-0.15, -0.1) is 0 Å². The van der Waals surface area contributed by atoms with Crippen LogP contribution in [0.15, 0.2) is 24.4 Å². The van der Waals surface area contributed by atoms with Crippen molar-refractivity contribution in [3.05, 3.63) is 47.0 Å². The van der Waals surface area contributed by atoms with E-state index in [0.29, 0.717) is 17.8 Å². The minimum absolute atomic E-state index is 0.00380. The van der Waals surface area contributed by atoms with Crippen molar-refractivity contribution < 1.29 is 14.7 Å². The van der Waals surface area contributed by atoms with Crippen molar-refractivity contribution >= 4 is 11.8 Å². The maximum Gasteiger partial charge on any atom is 0.312 e. The first-order chi connectivity index (χ1) is 12.0. The van der Waals surface area contributed by atoms with Crippen LogP contribution < -0.4 is 0 Å². The van der Waals surface area contributed by atoms with Crippen LogP contribution in [-0.2, 0) is 24.8 Å². The van der Waals surface area contributed by atoms with Crippen molar-refractivity contribution in [1.29, 1.82) is 0 Å². The number of rotatable bonds is 6. The zero-order valence-electron chi connectivity index (χ0n) is 15.0. The Bertz CT molecular complexity index is 785. The van der Waals surface area contributed by atoms with Gasteiger partial charge < -0.3 is 14.2 Å². The molecule has 0 radical (unpaired) electrons. The summed E-state index contributed by atoms with van der Waals surface area (Å²) in [6, 6.07) is 5.68. The lowest BCUT2D eigenvalue weighted by Crippen LogP contribution is -2.18. The van der Waals surface area contributed by atoms with E-state index in [1.54, 1.807) is 0 Å². The third-order valence-corrected chi connectivity index (χ3v) is 5.18. The van der Waals surface area contributed by atoms with Crippen molar-refractivity contribution in [2.75, 3.05) is 0 Å². The Hall–Kier alpha value is -2.30. The predicted octanol–water partition coefficient (Wildman–Crippen LogP) is 3.75. The second kappa shape index (κ2) is 7.30. The van der Waals surface area contributed by atoms with Crippen molar-refractivity contribution in [2.24, 2.45) is 7.05 Å². The summed E-state index contributed by atoms with van der Waals surface area (Å²) in [5.41, 5.74) is 3.14. The van der Waals surface area contributed by atoms with E-state index in [0.717, 1.165) is 49.9 Å². The molecule has 0 aliphatic carbocycles. The molecule has 1 aliphatic rings. The van der Waals surface area contributed by atoms with Gasteiger partial charge in [0.2, 0.25) is 5.78 Å². The highest BCUT2D eigenvalue weighted by Crippen LogP contribution is 2.33. The largest absolute Gasteiger partial charge is 0.481 e. The van der Waals surface area contributed by atoms with Crippen LogP contribution >= 0.6 is 0 Å². The molecule has 134 valence electrons. The van der Waals surface area contributed by atoms with Crippen LogP contribution in [0.3, 0.4) is 0 Å². The minimum Gasteiger partial charge on any atom is -0.481 e. The number of carboxylic acid groups (broad SMARTS) is 1. The normalized spacial score (nSPS) is 17.1. The summed E-state index contributed by atoms with van der Waals surface area (Å²) in [6.45, 7) is 2.84. The van der Waals surface area contributed by atoms with Gasteiger partial charge in [0.25, 0.3) is 0 Å². The van der Waals surface area contributed by atoms with Gasteiger partial charge in [-0.25, -0.2) is 0 Å². The van der Waals surface area contributed by atoms with E-state index in [1.807, 2.05) is 40.6 Å². The Labute approximate surface area is 148 Å². The van der Waals surface area contributed by atoms with Crippen molar-refractivity contribution in [1.82, 2.24) is 9.13 Å². The molecule has 3 rings (SSSR count). The summed E-state index contributed by atoms with van der Waals surface area (Å²) in [5, 5.41) is 9.65. The van der Waals surface area contributed by atoms with E-state index in [1.165, 1.54) is 0 Å². The van der Waals surface area contributed by atoms with Crippen molar-refractivity contribution in [3.8, 4) is 0 Å². The molecule has 0 aromatic carbocycles. The Balaban J connectivity index is 2.13. The first-order valence-electron chi connectivity index (χ1n) is 9.15. The van der Waals surface area contributed by atoms with Gasteiger partial charge in [0.1, 0.15) is 0 Å². The quantitative estimate of drug-likeness (QED) is 0.813. The summed E-state index contributed by atoms with van der Waals surface area (Å²) in [7, 11) is 1.87. The molecule has 25 heavy (non-hydrogen) atoms. The third-order valence-electron chi connectivity index (χ3n) is 5.18. The van der Waals surface area contributed by atoms with E-state index in [-0.39, 0.29) is 5.78 Å². The number of hydrogen-bond donors (Lipinski definition) is 1. The van der Waals surface area contributed by atoms with Gasteiger partial charge in [0.15, 0.2) is 0 Å². The van der Waals surface area contributed by atoms with Gasteiger partial charge in [-0.3, -0.25) is 9.59 Å². The second-order valence-corrected chi connectivity index (χ2v) is 6.92. The summed E-state index contributed by atoms with van der Waals surface area (Å²) in [6.07, 6.45) is 7.14. The first-order valence-corrected chi connectivity index (χ1v) is 9.15. The smallest absolute Gasteiger partial charge is 0.312 e. The van der Waals surface area contributed by atoms with E-state index in [4.69, 9.17) is 0 Å². The fraction of sp³-hybridized carbons (Fsp3) is 0.500. The van der Waals surface area contributed by atoms with Gasteiger partial charge >= 0.3 is 5.97 Å². The molecule has 1 unspecified atom stereocenters. The zero-order valence-corrected chi connectivity index (χ0v) is 15.0. The highest BCUT2D eigenvalue weighted by Gasteiger charge is 2.31. The minimum atomic E-state index is -0.791. The van der Waals surface area contributed by atoms with Crippen molar-refractivity contribution in [2.45, 2.75) is 57.9 Å². The Morgan fingerprint density at radius 3 is 2.76 bits per heavy atom. The molecule has 0 amide bonds.